The van der Waals surface area contributed by atoms with Gasteiger partial charge in [0, 0.05) is 31.7 Å². The van der Waals surface area contributed by atoms with Gasteiger partial charge in [-0.25, -0.2) is 4.39 Å². The summed E-state index contributed by atoms with van der Waals surface area (Å²) in [6.07, 6.45) is 2.55. The van der Waals surface area contributed by atoms with Crippen LogP contribution in [0.1, 0.15) is 36.5 Å². The van der Waals surface area contributed by atoms with Crippen LogP contribution in [0.3, 0.4) is 0 Å². The molecule has 2 unspecified atom stereocenters. The van der Waals surface area contributed by atoms with E-state index in [9.17, 15) is 14.0 Å². The molecular formula is C19H27ClFN3O2. The largest absolute Gasteiger partial charge is 0.342 e. The molecule has 2 aliphatic rings. The molecule has 7 heteroatoms. The number of hydrogen-bond acceptors (Lipinski definition) is 3. The van der Waals surface area contributed by atoms with Crippen molar-refractivity contribution in [1.82, 2.24) is 9.80 Å². The zero-order valence-corrected chi connectivity index (χ0v) is 15.9. The van der Waals surface area contributed by atoms with Gasteiger partial charge in [0.25, 0.3) is 5.91 Å². The minimum Gasteiger partial charge on any atom is -0.342 e. The Labute approximate surface area is 160 Å². The Morgan fingerprint density at radius 2 is 1.92 bits per heavy atom. The Morgan fingerprint density at radius 3 is 2.54 bits per heavy atom. The smallest absolute Gasteiger partial charge is 0.253 e. The summed E-state index contributed by atoms with van der Waals surface area (Å²) in [7, 11) is 0. The highest BCUT2D eigenvalue weighted by molar-refractivity contribution is 5.94. The van der Waals surface area contributed by atoms with Crippen molar-refractivity contribution in [3.63, 3.8) is 0 Å². The Kier molecular flexibility index (Phi) is 6.64. The summed E-state index contributed by atoms with van der Waals surface area (Å²) >= 11 is 0. The van der Waals surface area contributed by atoms with Gasteiger partial charge in [0.15, 0.2) is 0 Å². The minimum atomic E-state index is -0.361. The van der Waals surface area contributed by atoms with Crippen molar-refractivity contribution < 1.29 is 14.0 Å². The standard InChI is InChI=1S/C19H26FN3O2.ClH/c1-19(12-21)8-10-23(13-19)18(25)15-3-2-9-22(11-15)17(24)14-4-6-16(20)7-5-14;/h4-7,15H,2-3,8-13,21H2,1H3;1H. The summed E-state index contributed by atoms with van der Waals surface area (Å²) in [5.41, 5.74) is 6.30. The van der Waals surface area contributed by atoms with Crippen LogP contribution in [0, 0.1) is 17.2 Å². The number of piperidine rings is 1. The lowest BCUT2D eigenvalue weighted by Crippen LogP contribution is -2.46. The van der Waals surface area contributed by atoms with Gasteiger partial charge in [-0.2, -0.15) is 0 Å². The molecule has 2 fully saturated rings. The highest BCUT2D eigenvalue weighted by atomic mass is 35.5. The van der Waals surface area contributed by atoms with Crippen LogP contribution >= 0.6 is 12.4 Å². The molecule has 2 amide bonds. The van der Waals surface area contributed by atoms with Crippen LogP contribution in [0.25, 0.3) is 0 Å². The van der Waals surface area contributed by atoms with Gasteiger partial charge in [0.05, 0.1) is 5.92 Å². The van der Waals surface area contributed by atoms with Crippen molar-refractivity contribution in [3.8, 4) is 0 Å². The predicted molar refractivity (Wildman–Crippen MR) is 101 cm³/mol. The number of rotatable bonds is 3. The number of likely N-dealkylation sites (tertiary alicyclic amines) is 2. The van der Waals surface area contributed by atoms with Gasteiger partial charge < -0.3 is 15.5 Å². The highest BCUT2D eigenvalue weighted by Crippen LogP contribution is 2.31. The monoisotopic (exact) mass is 383 g/mol. The number of benzene rings is 1. The number of hydrogen-bond donors (Lipinski definition) is 1. The van der Waals surface area contributed by atoms with E-state index in [0.29, 0.717) is 31.7 Å². The first-order valence-electron chi connectivity index (χ1n) is 8.95. The summed E-state index contributed by atoms with van der Waals surface area (Å²) in [6, 6.07) is 5.57. The van der Waals surface area contributed by atoms with Crippen LogP contribution in [0.15, 0.2) is 24.3 Å². The topological polar surface area (TPSA) is 66.6 Å². The lowest BCUT2D eigenvalue weighted by Gasteiger charge is -2.34. The van der Waals surface area contributed by atoms with Gasteiger partial charge in [0.1, 0.15) is 5.82 Å². The molecule has 5 nitrogen and oxygen atoms in total. The number of carbonyl (C=O) groups excluding carboxylic acids is 2. The second-order valence-corrected chi connectivity index (χ2v) is 7.62. The molecule has 2 atom stereocenters. The summed E-state index contributed by atoms with van der Waals surface area (Å²) in [6.45, 7) is 5.22. The second-order valence-electron chi connectivity index (χ2n) is 7.62. The summed E-state index contributed by atoms with van der Waals surface area (Å²) < 4.78 is 13.0. The zero-order chi connectivity index (χ0) is 18.0. The number of amides is 2. The van der Waals surface area contributed by atoms with E-state index in [0.717, 1.165) is 25.8 Å². The maximum Gasteiger partial charge on any atom is 0.253 e. The Bertz CT molecular complexity index is 655. The number of carbonyl (C=O) groups is 2. The first kappa shape index (κ1) is 20.6. The quantitative estimate of drug-likeness (QED) is 0.870. The Balaban J connectivity index is 0.00000243. The highest BCUT2D eigenvalue weighted by Gasteiger charge is 2.38. The molecule has 1 aromatic rings. The molecule has 0 bridgehead atoms. The van der Waals surface area contributed by atoms with Gasteiger partial charge in [-0.15, -0.1) is 12.4 Å². The zero-order valence-electron chi connectivity index (χ0n) is 15.1. The number of nitrogens with zero attached hydrogens (tertiary/aromatic N) is 2. The molecule has 0 aromatic heterocycles. The minimum absolute atomic E-state index is 0. The van der Waals surface area contributed by atoms with Crippen molar-refractivity contribution in [2.45, 2.75) is 26.2 Å². The van der Waals surface area contributed by atoms with Crippen LogP contribution in [-0.2, 0) is 4.79 Å². The summed E-state index contributed by atoms with van der Waals surface area (Å²) in [5, 5.41) is 0. The SMILES string of the molecule is CC1(CN)CCN(C(=O)C2CCCN(C(=O)c3ccc(F)cc3)C2)C1.Cl. The van der Waals surface area contributed by atoms with Gasteiger partial charge in [-0.3, -0.25) is 9.59 Å². The second kappa shape index (κ2) is 8.35. The van der Waals surface area contributed by atoms with Crippen molar-refractivity contribution in [1.29, 1.82) is 0 Å². The summed E-state index contributed by atoms with van der Waals surface area (Å²) in [5.74, 6) is -0.516. The third kappa shape index (κ3) is 4.35. The van der Waals surface area contributed by atoms with Crippen LogP contribution in [0.2, 0.25) is 0 Å². The fourth-order valence-corrected chi connectivity index (χ4v) is 3.77. The molecule has 26 heavy (non-hydrogen) atoms. The fraction of sp³-hybridized carbons (Fsp3) is 0.579. The van der Waals surface area contributed by atoms with E-state index < -0.39 is 0 Å². The van der Waals surface area contributed by atoms with E-state index in [4.69, 9.17) is 5.73 Å². The van der Waals surface area contributed by atoms with Crippen LogP contribution in [0.4, 0.5) is 4.39 Å². The van der Waals surface area contributed by atoms with Crippen molar-refractivity contribution in [3.05, 3.63) is 35.6 Å². The predicted octanol–water partition coefficient (Wildman–Crippen LogP) is 2.30. The molecular weight excluding hydrogens is 357 g/mol. The molecule has 2 heterocycles. The molecule has 2 saturated heterocycles. The van der Waals surface area contributed by atoms with E-state index in [2.05, 4.69) is 6.92 Å². The van der Waals surface area contributed by atoms with Gasteiger partial charge in [-0.05, 0) is 55.5 Å². The van der Waals surface area contributed by atoms with Gasteiger partial charge in [-0.1, -0.05) is 6.92 Å². The summed E-state index contributed by atoms with van der Waals surface area (Å²) in [4.78, 5) is 29.1. The fourth-order valence-electron chi connectivity index (χ4n) is 3.77. The Hall–Kier alpha value is -1.66. The van der Waals surface area contributed by atoms with E-state index in [-0.39, 0.29) is 41.4 Å². The normalized spacial score (nSPS) is 25.7. The van der Waals surface area contributed by atoms with E-state index in [1.54, 1.807) is 4.90 Å². The molecule has 0 spiro atoms. The molecule has 3 rings (SSSR count). The lowest BCUT2D eigenvalue weighted by atomic mass is 9.90. The number of nitrogens with two attached hydrogens (primary N) is 1. The molecule has 0 aliphatic carbocycles. The van der Waals surface area contributed by atoms with E-state index in [1.165, 1.54) is 24.3 Å². The lowest BCUT2D eigenvalue weighted by molar-refractivity contribution is -0.136. The third-order valence-corrected chi connectivity index (χ3v) is 5.51. The Morgan fingerprint density at radius 1 is 1.23 bits per heavy atom. The average molecular weight is 384 g/mol. The first-order valence-corrected chi connectivity index (χ1v) is 8.95. The first-order chi connectivity index (χ1) is 11.9. The van der Waals surface area contributed by atoms with Crippen molar-refractivity contribution in [2.75, 3.05) is 32.7 Å². The molecule has 144 valence electrons. The number of halogens is 2. The van der Waals surface area contributed by atoms with Crippen molar-refractivity contribution >= 4 is 24.2 Å². The van der Waals surface area contributed by atoms with E-state index in [1.807, 2.05) is 4.90 Å². The molecule has 2 N–H and O–H groups in total. The maximum absolute atomic E-state index is 13.0. The maximum atomic E-state index is 13.0. The van der Waals surface area contributed by atoms with Gasteiger partial charge >= 0.3 is 0 Å². The average Bonchev–Trinajstić information content (AvgIpc) is 3.04. The molecule has 1 aromatic carbocycles. The van der Waals surface area contributed by atoms with Gasteiger partial charge in [0.2, 0.25) is 5.91 Å². The molecule has 0 radical (unpaired) electrons. The van der Waals surface area contributed by atoms with E-state index >= 15 is 0 Å². The third-order valence-electron chi connectivity index (χ3n) is 5.51. The molecule has 0 saturated carbocycles. The van der Waals surface area contributed by atoms with Crippen LogP contribution in [-0.4, -0.2) is 54.3 Å². The van der Waals surface area contributed by atoms with Crippen LogP contribution in [0.5, 0.6) is 0 Å². The van der Waals surface area contributed by atoms with Crippen LogP contribution < -0.4 is 5.73 Å². The molecule has 2 aliphatic heterocycles. The van der Waals surface area contributed by atoms with Crippen molar-refractivity contribution in [2.24, 2.45) is 17.1 Å².